The number of nitrogens with zero attached hydrogens (tertiary/aromatic N) is 1. The lowest BCUT2D eigenvalue weighted by Crippen LogP contribution is -2.39. The first-order valence-corrected chi connectivity index (χ1v) is 5.92. The van der Waals surface area contributed by atoms with E-state index in [0.717, 1.165) is 26.2 Å². The second-order valence-corrected chi connectivity index (χ2v) is 4.11. The molecule has 1 aliphatic rings. The number of likely N-dealkylation sites (N-methyl/N-ethyl adjacent to an activating group) is 1. The van der Waals surface area contributed by atoms with Crippen molar-refractivity contribution in [2.45, 2.75) is 32.2 Å². The summed E-state index contributed by atoms with van der Waals surface area (Å²) in [4.78, 5) is 13.5. The summed E-state index contributed by atoms with van der Waals surface area (Å²) >= 11 is 0. The average Bonchev–Trinajstić information content (AvgIpc) is 2.76. The molecule has 15 heavy (non-hydrogen) atoms. The highest BCUT2D eigenvalue weighted by molar-refractivity contribution is 5.75. The highest BCUT2D eigenvalue weighted by Gasteiger charge is 2.17. The Kier molecular flexibility index (Phi) is 5.65. The number of carbonyl (C=O) groups excluding carboxylic acids is 1. The van der Waals surface area contributed by atoms with Crippen molar-refractivity contribution in [3.8, 4) is 0 Å². The number of hydrogen-bond acceptors (Lipinski definition) is 3. The van der Waals surface area contributed by atoms with Gasteiger partial charge < -0.3 is 15.5 Å². The summed E-state index contributed by atoms with van der Waals surface area (Å²) < 4.78 is 0. The Hall–Kier alpha value is -0.610. The standard InChI is InChI=1S/C11H23N3O/c1-3-14(8-6-11(15)12-2)9-10-5-4-7-13-10/h10,13H,3-9H2,1-2H3,(H,12,15). The van der Waals surface area contributed by atoms with E-state index in [1.807, 2.05) is 0 Å². The molecule has 0 spiro atoms. The minimum Gasteiger partial charge on any atom is -0.359 e. The molecule has 0 aromatic rings. The van der Waals surface area contributed by atoms with Gasteiger partial charge >= 0.3 is 0 Å². The molecule has 1 unspecified atom stereocenters. The van der Waals surface area contributed by atoms with Crippen molar-refractivity contribution >= 4 is 5.91 Å². The summed E-state index contributed by atoms with van der Waals surface area (Å²) in [7, 11) is 1.69. The van der Waals surface area contributed by atoms with Crippen LogP contribution >= 0.6 is 0 Å². The molecule has 0 aromatic heterocycles. The van der Waals surface area contributed by atoms with Crippen LogP contribution in [0.2, 0.25) is 0 Å². The van der Waals surface area contributed by atoms with Gasteiger partial charge in [0, 0.05) is 32.6 Å². The van der Waals surface area contributed by atoms with E-state index < -0.39 is 0 Å². The van der Waals surface area contributed by atoms with Crippen LogP contribution in [0.15, 0.2) is 0 Å². The van der Waals surface area contributed by atoms with Gasteiger partial charge in [0.05, 0.1) is 0 Å². The Labute approximate surface area is 92.4 Å². The van der Waals surface area contributed by atoms with Crippen molar-refractivity contribution in [2.75, 3.05) is 33.2 Å². The van der Waals surface area contributed by atoms with Gasteiger partial charge in [0.15, 0.2) is 0 Å². The van der Waals surface area contributed by atoms with Crippen molar-refractivity contribution < 1.29 is 4.79 Å². The number of amides is 1. The smallest absolute Gasteiger partial charge is 0.221 e. The maximum Gasteiger partial charge on any atom is 0.221 e. The molecule has 4 heteroatoms. The van der Waals surface area contributed by atoms with Gasteiger partial charge in [0.1, 0.15) is 0 Å². The van der Waals surface area contributed by atoms with E-state index in [-0.39, 0.29) is 5.91 Å². The van der Waals surface area contributed by atoms with Crippen LogP contribution in [0.1, 0.15) is 26.2 Å². The van der Waals surface area contributed by atoms with Crippen molar-refractivity contribution in [1.29, 1.82) is 0 Å². The third-order valence-corrected chi connectivity index (χ3v) is 3.02. The summed E-state index contributed by atoms with van der Waals surface area (Å²) in [5.74, 6) is 0.132. The number of carbonyl (C=O) groups is 1. The summed E-state index contributed by atoms with van der Waals surface area (Å²) in [6.45, 7) is 6.27. The molecule has 1 aliphatic heterocycles. The van der Waals surface area contributed by atoms with Gasteiger partial charge in [0.2, 0.25) is 5.91 Å². The first-order valence-electron chi connectivity index (χ1n) is 5.92. The zero-order chi connectivity index (χ0) is 11.1. The van der Waals surface area contributed by atoms with Crippen LogP contribution in [0.5, 0.6) is 0 Å². The van der Waals surface area contributed by atoms with Gasteiger partial charge in [-0.05, 0) is 25.9 Å². The molecule has 1 rings (SSSR count). The summed E-state index contributed by atoms with van der Waals surface area (Å²) in [5, 5.41) is 6.14. The SMILES string of the molecule is CCN(CCC(=O)NC)CC1CCCN1. The van der Waals surface area contributed by atoms with Crippen LogP contribution in [-0.2, 0) is 4.79 Å². The minimum absolute atomic E-state index is 0.132. The van der Waals surface area contributed by atoms with Crippen LogP contribution in [0.3, 0.4) is 0 Å². The fourth-order valence-electron chi connectivity index (χ4n) is 1.99. The first kappa shape index (κ1) is 12.5. The molecule has 2 N–H and O–H groups in total. The zero-order valence-corrected chi connectivity index (χ0v) is 9.88. The number of rotatable bonds is 6. The molecular weight excluding hydrogens is 190 g/mol. The van der Waals surface area contributed by atoms with E-state index in [1.54, 1.807) is 7.05 Å². The lowest BCUT2D eigenvalue weighted by Gasteiger charge is -2.23. The predicted octanol–water partition coefficient (Wildman–Crippen LogP) is 0.196. The van der Waals surface area contributed by atoms with Gasteiger partial charge in [0.25, 0.3) is 0 Å². The Morgan fingerprint density at radius 3 is 2.93 bits per heavy atom. The minimum atomic E-state index is 0.132. The van der Waals surface area contributed by atoms with E-state index in [9.17, 15) is 4.79 Å². The van der Waals surface area contributed by atoms with Crippen molar-refractivity contribution in [3.63, 3.8) is 0 Å². The molecule has 1 fully saturated rings. The second-order valence-electron chi connectivity index (χ2n) is 4.11. The van der Waals surface area contributed by atoms with E-state index >= 15 is 0 Å². The summed E-state index contributed by atoms with van der Waals surface area (Å²) in [6.07, 6.45) is 3.17. The molecule has 1 amide bonds. The van der Waals surface area contributed by atoms with Crippen LogP contribution in [-0.4, -0.2) is 50.1 Å². The maximum absolute atomic E-state index is 11.1. The Balaban J connectivity index is 2.19. The summed E-state index contributed by atoms with van der Waals surface area (Å²) in [5.41, 5.74) is 0. The van der Waals surface area contributed by atoms with Crippen LogP contribution < -0.4 is 10.6 Å². The van der Waals surface area contributed by atoms with Crippen LogP contribution in [0.25, 0.3) is 0 Å². The highest BCUT2D eigenvalue weighted by Crippen LogP contribution is 2.07. The fourth-order valence-corrected chi connectivity index (χ4v) is 1.99. The average molecular weight is 213 g/mol. The lowest BCUT2D eigenvalue weighted by atomic mass is 10.2. The third-order valence-electron chi connectivity index (χ3n) is 3.02. The Morgan fingerprint density at radius 1 is 1.60 bits per heavy atom. The van der Waals surface area contributed by atoms with Crippen LogP contribution in [0, 0.1) is 0 Å². The molecule has 0 radical (unpaired) electrons. The molecule has 1 saturated heterocycles. The van der Waals surface area contributed by atoms with Gasteiger partial charge in [-0.25, -0.2) is 0 Å². The highest BCUT2D eigenvalue weighted by atomic mass is 16.1. The van der Waals surface area contributed by atoms with Crippen LogP contribution in [0.4, 0.5) is 0 Å². The number of hydrogen-bond donors (Lipinski definition) is 2. The zero-order valence-electron chi connectivity index (χ0n) is 9.88. The largest absolute Gasteiger partial charge is 0.359 e. The molecular formula is C11H23N3O. The first-order chi connectivity index (χ1) is 7.26. The second kappa shape index (κ2) is 6.80. The molecule has 88 valence electrons. The van der Waals surface area contributed by atoms with E-state index in [4.69, 9.17) is 0 Å². The topological polar surface area (TPSA) is 44.4 Å². The van der Waals surface area contributed by atoms with Crippen molar-refractivity contribution in [1.82, 2.24) is 15.5 Å². The van der Waals surface area contributed by atoms with Gasteiger partial charge in [-0.1, -0.05) is 6.92 Å². The van der Waals surface area contributed by atoms with Crippen molar-refractivity contribution in [3.05, 3.63) is 0 Å². The van der Waals surface area contributed by atoms with Gasteiger partial charge in [-0.15, -0.1) is 0 Å². The normalized spacial score (nSPS) is 20.9. The molecule has 0 saturated carbocycles. The van der Waals surface area contributed by atoms with Gasteiger partial charge in [-0.2, -0.15) is 0 Å². The monoisotopic (exact) mass is 213 g/mol. The Morgan fingerprint density at radius 2 is 2.40 bits per heavy atom. The lowest BCUT2D eigenvalue weighted by molar-refractivity contribution is -0.120. The predicted molar refractivity (Wildman–Crippen MR) is 61.8 cm³/mol. The third kappa shape index (κ3) is 4.62. The van der Waals surface area contributed by atoms with Gasteiger partial charge in [-0.3, -0.25) is 4.79 Å². The fraction of sp³-hybridized carbons (Fsp3) is 0.909. The van der Waals surface area contributed by atoms with E-state index in [0.29, 0.717) is 12.5 Å². The molecule has 1 atom stereocenters. The summed E-state index contributed by atoms with van der Waals surface area (Å²) in [6, 6.07) is 0.634. The molecule has 4 nitrogen and oxygen atoms in total. The van der Waals surface area contributed by atoms with E-state index in [1.165, 1.54) is 12.8 Å². The quantitative estimate of drug-likeness (QED) is 0.662. The number of nitrogens with one attached hydrogen (secondary N) is 2. The Bertz CT molecular complexity index is 190. The molecule has 0 bridgehead atoms. The van der Waals surface area contributed by atoms with Crippen molar-refractivity contribution in [2.24, 2.45) is 0 Å². The molecule has 0 aromatic carbocycles. The van der Waals surface area contributed by atoms with E-state index in [2.05, 4.69) is 22.5 Å². The maximum atomic E-state index is 11.1. The molecule has 1 heterocycles. The molecule has 0 aliphatic carbocycles.